The van der Waals surface area contributed by atoms with Gasteiger partial charge in [0.05, 0.1) is 19.3 Å². The molecule has 0 radical (unpaired) electrons. The van der Waals surface area contributed by atoms with E-state index >= 15 is 0 Å². The first kappa shape index (κ1) is 18.8. The molecule has 25 heavy (non-hydrogen) atoms. The number of pyridine rings is 1. The Balaban J connectivity index is 1.99. The molecule has 0 fully saturated rings. The molecule has 1 heterocycles. The van der Waals surface area contributed by atoms with Crippen molar-refractivity contribution in [3.8, 4) is 5.75 Å². The van der Waals surface area contributed by atoms with E-state index in [9.17, 15) is 0 Å². The second-order valence-electron chi connectivity index (χ2n) is 5.95. The summed E-state index contributed by atoms with van der Waals surface area (Å²) in [5.74, 6) is 1.65. The maximum Gasteiger partial charge on any atom is 0.191 e. The lowest BCUT2D eigenvalue weighted by atomic mass is 10.1. The van der Waals surface area contributed by atoms with E-state index in [0.29, 0.717) is 6.54 Å². The van der Waals surface area contributed by atoms with Gasteiger partial charge < -0.3 is 15.4 Å². The summed E-state index contributed by atoms with van der Waals surface area (Å²) in [6, 6.07) is 8.46. The molecule has 0 unspecified atom stereocenters. The van der Waals surface area contributed by atoms with Gasteiger partial charge >= 0.3 is 0 Å². The van der Waals surface area contributed by atoms with Gasteiger partial charge in [-0.3, -0.25) is 9.98 Å². The molecule has 1 aromatic carbocycles. The summed E-state index contributed by atoms with van der Waals surface area (Å²) in [5, 5.41) is 6.70. The van der Waals surface area contributed by atoms with Crippen molar-refractivity contribution in [1.82, 2.24) is 15.6 Å². The topological polar surface area (TPSA) is 58.5 Å². The average Bonchev–Trinajstić information content (AvgIpc) is 2.64. The molecule has 5 heteroatoms. The van der Waals surface area contributed by atoms with Gasteiger partial charge in [-0.15, -0.1) is 0 Å². The van der Waals surface area contributed by atoms with Crippen LogP contribution in [0.1, 0.15) is 34.9 Å². The largest absolute Gasteiger partial charge is 0.496 e. The van der Waals surface area contributed by atoms with Crippen LogP contribution < -0.4 is 15.4 Å². The molecule has 0 atom stereocenters. The van der Waals surface area contributed by atoms with Crippen LogP contribution in [-0.2, 0) is 19.5 Å². The van der Waals surface area contributed by atoms with Crippen LogP contribution in [0.2, 0.25) is 0 Å². The monoisotopic (exact) mass is 340 g/mol. The summed E-state index contributed by atoms with van der Waals surface area (Å²) >= 11 is 0. The van der Waals surface area contributed by atoms with Crippen molar-refractivity contribution in [2.45, 2.75) is 40.3 Å². The van der Waals surface area contributed by atoms with E-state index in [2.05, 4.69) is 51.8 Å². The van der Waals surface area contributed by atoms with E-state index in [1.165, 1.54) is 11.1 Å². The quantitative estimate of drug-likeness (QED) is 0.626. The number of aliphatic imine (C=N–C) groups is 1. The number of hydrogen-bond acceptors (Lipinski definition) is 3. The fourth-order valence-corrected chi connectivity index (χ4v) is 2.89. The number of aromatic nitrogens is 1. The van der Waals surface area contributed by atoms with Gasteiger partial charge in [-0.25, -0.2) is 0 Å². The van der Waals surface area contributed by atoms with Crippen molar-refractivity contribution in [2.24, 2.45) is 4.99 Å². The molecule has 0 spiro atoms. The van der Waals surface area contributed by atoms with E-state index in [4.69, 9.17) is 4.74 Å². The minimum absolute atomic E-state index is 0.595. The highest BCUT2D eigenvalue weighted by atomic mass is 16.5. The maximum absolute atomic E-state index is 5.47. The van der Waals surface area contributed by atoms with Crippen LogP contribution in [0.25, 0.3) is 0 Å². The van der Waals surface area contributed by atoms with Crippen molar-refractivity contribution < 1.29 is 4.74 Å². The Kier molecular flexibility index (Phi) is 6.81. The lowest BCUT2D eigenvalue weighted by molar-refractivity contribution is 0.406. The first-order valence-corrected chi connectivity index (χ1v) is 8.61. The molecule has 2 rings (SSSR count). The second kappa shape index (κ2) is 9.06. The zero-order valence-electron chi connectivity index (χ0n) is 15.8. The number of guanidine groups is 1. The molecule has 0 bridgehead atoms. The van der Waals surface area contributed by atoms with E-state index in [0.717, 1.165) is 41.5 Å². The normalized spacial score (nSPS) is 11.3. The third kappa shape index (κ3) is 4.72. The van der Waals surface area contributed by atoms with Crippen molar-refractivity contribution in [2.75, 3.05) is 14.2 Å². The van der Waals surface area contributed by atoms with Crippen LogP contribution in [-0.4, -0.2) is 25.1 Å². The molecule has 0 aliphatic rings. The van der Waals surface area contributed by atoms with Gasteiger partial charge in [-0.1, -0.05) is 31.2 Å². The summed E-state index contributed by atoms with van der Waals surface area (Å²) in [7, 11) is 3.47. The number of ether oxygens (including phenoxy) is 1. The van der Waals surface area contributed by atoms with Gasteiger partial charge in [-0.2, -0.15) is 0 Å². The fourth-order valence-electron chi connectivity index (χ4n) is 2.89. The van der Waals surface area contributed by atoms with Gasteiger partial charge in [0.25, 0.3) is 0 Å². The van der Waals surface area contributed by atoms with Crippen molar-refractivity contribution >= 4 is 5.96 Å². The van der Waals surface area contributed by atoms with Gasteiger partial charge in [0.15, 0.2) is 5.96 Å². The average molecular weight is 340 g/mol. The third-order valence-electron chi connectivity index (χ3n) is 4.34. The summed E-state index contributed by atoms with van der Waals surface area (Å²) < 4.78 is 5.47. The highest BCUT2D eigenvalue weighted by Crippen LogP contribution is 2.23. The molecule has 0 saturated carbocycles. The summed E-state index contributed by atoms with van der Waals surface area (Å²) in [6.07, 6.45) is 2.87. The van der Waals surface area contributed by atoms with E-state index in [1.54, 1.807) is 14.2 Å². The predicted molar refractivity (Wildman–Crippen MR) is 103 cm³/mol. The lowest BCUT2D eigenvalue weighted by Gasteiger charge is -2.16. The molecule has 0 saturated heterocycles. The number of aryl methyl sites for hydroxylation is 2. The molecule has 134 valence electrons. The van der Waals surface area contributed by atoms with E-state index in [-0.39, 0.29) is 0 Å². The molecular formula is C20H28N4O. The third-order valence-corrected chi connectivity index (χ3v) is 4.34. The number of nitrogens with zero attached hydrogens (tertiary/aromatic N) is 2. The zero-order valence-corrected chi connectivity index (χ0v) is 15.8. The molecule has 1 aromatic heterocycles. The predicted octanol–water partition coefficient (Wildman–Crippen LogP) is 3.13. The van der Waals surface area contributed by atoms with Crippen LogP contribution in [0, 0.1) is 13.8 Å². The van der Waals surface area contributed by atoms with Crippen LogP contribution in [0.4, 0.5) is 0 Å². The lowest BCUT2D eigenvalue weighted by Crippen LogP contribution is -2.36. The Morgan fingerprint density at radius 2 is 1.80 bits per heavy atom. The standard InChI is InChI=1S/C20H28N4O/c1-6-16-9-7-8-10-17(16)12-23-20(21-4)24-13-18-15(3)19(25-5)14(2)11-22-18/h7-11H,6,12-13H2,1-5H3,(H2,21,23,24). The van der Waals surface area contributed by atoms with E-state index < -0.39 is 0 Å². The Labute approximate surface area is 150 Å². The number of methoxy groups -OCH3 is 1. The van der Waals surface area contributed by atoms with Gasteiger partial charge in [0, 0.05) is 30.9 Å². The molecular weight excluding hydrogens is 312 g/mol. The van der Waals surface area contributed by atoms with Crippen molar-refractivity contribution in [1.29, 1.82) is 0 Å². The second-order valence-corrected chi connectivity index (χ2v) is 5.95. The number of rotatable bonds is 6. The summed E-state index contributed by atoms with van der Waals surface area (Å²) in [6.45, 7) is 7.54. The van der Waals surface area contributed by atoms with Crippen LogP contribution in [0.5, 0.6) is 5.75 Å². The number of benzene rings is 1. The molecule has 2 aromatic rings. The van der Waals surface area contributed by atoms with Crippen LogP contribution in [0.3, 0.4) is 0 Å². The number of hydrogen-bond donors (Lipinski definition) is 2. The highest BCUT2D eigenvalue weighted by molar-refractivity contribution is 5.79. The molecule has 2 N–H and O–H groups in total. The molecule has 0 aliphatic carbocycles. The minimum atomic E-state index is 0.595. The Morgan fingerprint density at radius 3 is 2.44 bits per heavy atom. The zero-order chi connectivity index (χ0) is 18.2. The Hall–Kier alpha value is -2.56. The molecule has 0 amide bonds. The molecule has 0 aliphatic heterocycles. The maximum atomic E-state index is 5.47. The van der Waals surface area contributed by atoms with Crippen molar-refractivity contribution in [3.05, 3.63) is 58.4 Å². The fraction of sp³-hybridized carbons (Fsp3) is 0.400. The van der Waals surface area contributed by atoms with Crippen LogP contribution >= 0.6 is 0 Å². The summed E-state index contributed by atoms with van der Waals surface area (Å²) in [5.41, 5.74) is 5.70. The number of nitrogens with one attached hydrogen (secondary N) is 2. The van der Waals surface area contributed by atoms with E-state index in [1.807, 2.05) is 20.0 Å². The SMILES string of the molecule is CCc1ccccc1CNC(=NC)NCc1ncc(C)c(OC)c1C. The Bertz CT molecular complexity index is 740. The first-order chi connectivity index (χ1) is 12.1. The smallest absolute Gasteiger partial charge is 0.191 e. The van der Waals surface area contributed by atoms with Crippen molar-refractivity contribution in [3.63, 3.8) is 0 Å². The first-order valence-electron chi connectivity index (χ1n) is 8.61. The molecule has 5 nitrogen and oxygen atoms in total. The van der Waals surface area contributed by atoms with Crippen LogP contribution in [0.15, 0.2) is 35.5 Å². The Morgan fingerprint density at radius 1 is 1.12 bits per heavy atom. The minimum Gasteiger partial charge on any atom is -0.496 e. The van der Waals surface area contributed by atoms with Gasteiger partial charge in [0.2, 0.25) is 0 Å². The van der Waals surface area contributed by atoms with Gasteiger partial charge in [-0.05, 0) is 31.4 Å². The summed E-state index contributed by atoms with van der Waals surface area (Å²) in [4.78, 5) is 8.81. The highest BCUT2D eigenvalue weighted by Gasteiger charge is 2.10. The van der Waals surface area contributed by atoms with Gasteiger partial charge in [0.1, 0.15) is 5.75 Å².